The van der Waals surface area contributed by atoms with Crippen LogP contribution in [0.1, 0.15) is 24.8 Å². The van der Waals surface area contributed by atoms with Crippen molar-refractivity contribution >= 4 is 21.8 Å². The summed E-state index contributed by atoms with van der Waals surface area (Å²) in [6, 6.07) is 8.93. The summed E-state index contributed by atoms with van der Waals surface area (Å²) in [4.78, 5) is 7.73. The largest absolute Gasteiger partial charge is 0.354 e. The van der Waals surface area contributed by atoms with E-state index in [2.05, 4.69) is 33.5 Å². The van der Waals surface area contributed by atoms with Crippen molar-refractivity contribution in [3.05, 3.63) is 42.2 Å². The molecule has 2 aromatic heterocycles. The van der Waals surface area contributed by atoms with E-state index >= 15 is 0 Å². The molecule has 1 aromatic carbocycles. The summed E-state index contributed by atoms with van der Waals surface area (Å²) in [5, 5.41) is 5.89. The minimum atomic E-state index is 0.342. The molecule has 1 aliphatic carbocycles. The van der Waals surface area contributed by atoms with Crippen LogP contribution in [0.4, 0.5) is 0 Å². The topological polar surface area (TPSA) is 40.7 Å². The lowest BCUT2D eigenvalue weighted by atomic mass is 9.64. The summed E-state index contributed by atoms with van der Waals surface area (Å²) in [7, 11) is 2.05. The molecular weight excluding hydrogens is 246 g/mol. The van der Waals surface area contributed by atoms with Crippen molar-refractivity contribution in [1.29, 1.82) is 0 Å². The maximum Gasteiger partial charge on any atom is 0.0495 e. The summed E-state index contributed by atoms with van der Waals surface area (Å²) in [5.41, 5.74) is 4.18. The Bertz CT molecular complexity index is 768. The number of benzene rings is 1. The number of fused-ring (bicyclic) bond motifs is 3. The van der Waals surface area contributed by atoms with E-state index < -0.39 is 0 Å². The van der Waals surface area contributed by atoms with Gasteiger partial charge in [0.15, 0.2) is 0 Å². The standard InChI is InChI=1S/C17H19N3/c1-18-11-17(6-2-7-17)12-3-4-15-13(9-12)14-10-19-8-5-16(14)20-15/h3-5,8-10,18,20H,2,6-7,11H2,1H3. The van der Waals surface area contributed by atoms with Crippen molar-refractivity contribution in [2.24, 2.45) is 0 Å². The minimum Gasteiger partial charge on any atom is -0.354 e. The average molecular weight is 265 g/mol. The van der Waals surface area contributed by atoms with E-state index in [1.807, 2.05) is 25.5 Å². The van der Waals surface area contributed by atoms with Crippen LogP contribution in [0.25, 0.3) is 21.8 Å². The zero-order valence-electron chi connectivity index (χ0n) is 11.7. The Hall–Kier alpha value is -1.87. The predicted molar refractivity (Wildman–Crippen MR) is 83.1 cm³/mol. The molecule has 0 saturated heterocycles. The number of nitrogens with one attached hydrogen (secondary N) is 2. The van der Waals surface area contributed by atoms with Crippen LogP contribution in [-0.4, -0.2) is 23.6 Å². The normalized spacial score (nSPS) is 17.4. The molecule has 2 heterocycles. The summed E-state index contributed by atoms with van der Waals surface area (Å²) < 4.78 is 0. The Morgan fingerprint density at radius 2 is 2.05 bits per heavy atom. The number of hydrogen-bond acceptors (Lipinski definition) is 2. The van der Waals surface area contributed by atoms with E-state index in [9.17, 15) is 0 Å². The van der Waals surface area contributed by atoms with Crippen molar-refractivity contribution < 1.29 is 0 Å². The summed E-state index contributed by atoms with van der Waals surface area (Å²) in [6.07, 6.45) is 7.73. The molecule has 0 radical (unpaired) electrons. The third-order valence-electron chi connectivity index (χ3n) is 4.84. The molecule has 2 N–H and O–H groups in total. The van der Waals surface area contributed by atoms with Crippen LogP contribution in [0.5, 0.6) is 0 Å². The van der Waals surface area contributed by atoms with E-state index in [4.69, 9.17) is 0 Å². The van der Waals surface area contributed by atoms with Gasteiger partial charge in [-0.25, -0.2) is 0 Å². The Labute approximate surface area is 118 Å². The van der Waals surface area contributed by atoms with E-state index in [0.29, 0.717) is 5.41 Å². The first kappa shape index (κ1) is 11.9. The second-order valence-corrected chi connectivity index (χ2v) is 5.97. The lowest BCUT2D eigenvalue weighted by Gasteiger charge is -2.42. The molecule has 3 aromatic rings. The van der Waals surface area contributed by atoms with Crippen molar-refractivity contribution in [1.82, 2.24) is 15.3 Å². The Morgan fingerprint density at radius 3 is 2.80 bits per heavy atom. The van der Waals surface area contributed by atoms with Gasteiger partial charge in [0.25, 0.3) is 0 Å². The average Bonchev–Trinajstić information content (AvgIpc) is 2.80. The first-order valence-corrected chi connectivity index (χ1v) is 7.33. The van der Waals surface area contributed by atoms with Crippen molar-refractivity contribution in [3.63, 3.8) is 0 Å². The first-order chi connectivity index (χ1) is 9.82. The Morgan fingerprint density at radius 1 is 1.20 bits per heavy atom. The summed E-state index contributed by atoms with van der Waals surface area (Å²) >= 11 is 0. The van der Waals surface area contributed by atoms with E-state index in [1.165, 1.54) is 46.6 Å². The molecule has 0 aliphatic heterocycles. The fraction of sp³-hybridized carbons (Fsp3) is 0.353. The molecule has 0 bridgehead atoms. The molecule has 1 aliphatic rings. The third-order valence-corrected chi connectivity index (χ3v) is 4.84. The minimum absolute atomic E-state index is 0.342. The molecular formula is C17H19N3. The quantitative estimate of drug-likeness (QED) is 0.762. The van der Waals surface area contributed by atoms with Crippen LogP contribution in [-0.2, 0) is 5.41 Å². The van der Waals surface area contributed by atoms with E-state index in [0.717, 1.165) is 6.54 Å². The monoisotopic (exact) mass is 265 g/mol. The fourth-order valence-corrected chi connectivity index (χ4v) is 3.58. The molecule has 1 saturated carbocycles. The number of rotatable bonds is 3. The fourth-order valence-electron chi connectivity index (χ4n) is 3.58. The number of likely N-dealkylation sites (N-methyl/N-ethyl adjacent to an activating group) is 1. The van der Waals surface area contributed by atoms with E-state index in [-0.39, 0.29) is 0 Å². The number of pyridine rings is 1. The van der Waals surface area contributed by atoms with Crippen molar-refractivity contribution in [2.75, 3.05) is 13.6 Å². The number of H-pyrrole nitrogens is 1. The zero-order valence-corrected chi connectivity index (χ0v) is 11.7. The predicted octanol–water partition coefficient (Wildman–Crippen LogP) is 3.36. The van der Waals surface area contributed by atoms with Gasteiger partial charge in [0.05, 0.1) is 0 Å². The van der Waals surface area contributed by atoms with Crippen molar-refractivity contribution in [2.45, 2.75) is 24.7 Å². The van der Waals surface area contributed by atoms with Gasteiger partial charge in [0, 0.05) is 46.2 Å². The summed E-state index contributed by atoms with van der Waals surface area (Å²) in [5.74, 6) is 0. The van der Waals surface area contributed by atoms with Gasteiger partial charge in [-0.2, -0.15) is 0 Å². The number of hydrogen-bond donors (Lipinski definition) is 2. The Kier molecular flexibility index (Phi) is 2.57. The molecule has 0 unspecified atom stereocenters. The second-order valence-electron chi connectivity index (χ2n) is 5.97. The maximum absolute atomic E-state index is 4.27. The third kappa shape index (κ3) is 1.59. The lowest BCUT2D eigenvalue weighted by molar-refractivity contribution is 0.239. The maximum atomic E-state index is 4.27. The van der Waals surface area contributed by atoms with Gasteiger partial charge in [0.2, 0.25) is 0 Å². The number of aromatic amines is 1. The number of nitrogens with zero attached hydrogens (tertiary/aromatic N) is 1. The molecule has 0 spiro atoms. The summed E-state index contributed by atoms with van der Waals surface area (Å²) in [6.45, 7) is 1.07. The van der Waals surface area contributed by atoms with Crippen LogP contribution in [0, 0.1) is 0 Å². The van der Waals surface area contributed by atoms with Crippen LogP contribution in [0.15, 0.2) is 36.7 Å². The van der Waals surface area contributed by atoms with Gasteiger partial charge >= 0.3 is 0 Å². The van der Waals surface area contributed by atoms with Crippen LogP contribution in [0.3, 0.4) is 0 Å². The van der Waals surface area contributed by atoms with E-state index in [1.54, 1.807) is 0 Å². The highest BCUT2D eigenvalue weighted by Crippen LogP contribution is 2.44. The highest BCUT2D eigenvalue weighted by atomic mass is 14.8. The number of aromatic nitrogens is 2. The second kappa shape index (κ2) is 4.32. The highest BCUT2D eigenvalue weighted by Gasteiger charge is 2.38. The van der Waals surface area contributed by atoms with Crippen LogP contribution >= 0.6 is 0 Å². The smallest absolute Gasteiger partial charge is 0.0495 e. The SMILES string of the molecule is CNCC1(c2ccc3[nH]c4ccncc4c3c2)CCC1. The molecule has 20 heavy (non-hydrogen) atoms. The van der Waals surface area contributed by atoms with Gasteiger partial charge in [-0.1, -0.05) is 12.5 Å². The molecule has 0 amide bonds. The lowest BCUT2D eigenvalue weighted by Crippen LogP contribution is -2.42. The molecule has 0 atom stereocenters. The molecule has 102 valence electrons. The molecule has 1 fully saturated rings. The van der Waals surface area contributed by atoms with Crippen LogP contribution in [0.2, 0.25) is 0 Å². The van der Waals surface area contributed by atoms with Crippen LogP contribution < -0.4 is 5.32 Å². The van der Waals surface area contributed by atoms with Gasteiger partial charge in [-0.05, 0) is 43.7 Å². The highest BCUT2D eigenvalue weighted by molar-refractivity contribution is 6.07. The van der Waals surface area contributed by atoms with Gasteiger partial charge in [-0.15, -0.1) is 0 Å². The molecule has 3 heteroatoms. The van der Waals surface area contributed by atoms with Crippen molar-refractivity contribution in [3.8, 4) is 0 Å². The Balaban J connectivity index is 1.91. The molecule has 3 nitrogen and oxygen atoms in total. The van der Waals surface area contributed by atoms with Gasteiger partial charge in [-0.3, -0.25) is 4.98 Å². The van der Waals surface area contributed by atoms with Gasteiger partial charge < -0.3 is 10.3 Å². The van der Waals surface area contributed by atoms with Gasteiger partial charge in [0.1, 0.15) is 0 Å². The molecule has 4 rings (SSSR count). The first-order valence-electron chi connectivity index (χ1n) is 7.33. The zero-order chi connectivity index (χ0) is 13.6.